The molecule has 0 aliphatic heterocycles. The van der Waals surface area contributed by atoms with Crippen LogP contribution in [0.25, 0.3) is 10.9 Å². The van der Waals surface area contributed by atoms with Crippen molar-refractivity contribution in [3.63, 3.8) is 0 Å². The van der Waals surface area contributed by atoms with Gasteiger partial charge in [0, 0.05) is 12.2 Å². The Morgan fingerprint density at radius 3 is 2.48 bits per heavy atom. The summed E-state index contributed by atoms with van der Waals surface area (Å²) >= 11 is 1.26. The van der Waals surface area contributed by atoms with E-state index in [2.05, 4.69) is 10.3 Å². The fraction of sp³-hybridized carbons (Fsp3) is 0.192. The molecule has 0 bridgehead atoms. The molecule has 33 heavy (non-hydrogen) atoms. The first-order valence-corrected chi connectivity index (χ1v) is 11.8. The predicted octanol–water partition coefficient (Wildman–Crippen LogP) is 4.77. The highest BCUT2D eigenvalue weighted by atomic mass is 32.2. The van der Waals surface area contributed by atoms with Crippen LogP contribution >= 0.6 is 11.8 Å². The van der Waals surface area contributed by atoms with Crippen molar-refractivity contribution >= 4 is 34.3 Å². The Kier molecular flexibility index (Phi) is 7.42. The van der Waals surface area contributed by atoms with Gasteiger partial charge in [-0.15, -0.1) is 0 Å². The van der Waals surface area contributed by atoms with E-state index in [0.29, 0.717) is 41.3 Å². The smallest absolute Gasteiger partial charge is 0.262 e. The Morgan fingerprint density at radius 2 is 1.73 bits per heavy atom. The third kappa shape index (κ3) is 5.81. The number of rotatable bonds is 9. The van der Waals surface area contributed by atoms with E-state index in [1.807, 2.05) is 67.6 Å². The molecule has 1 N–H and O–H groups in total. The molecule has 0 fully saturated rings. The second-order valence-electron chi connectivity index (χ2n) is 7.40. The van der Waals surface area contributed by atoms with Gasteiger partial charge in [0.25, 0.3) is 5.56 Å². The highest BCUT2D eigenvalue weighted by molar-refractivity contribution is 7.99. The second kappa shape index (κ2) is 10.8. The van der Waals surface area contributed by atoms with Crippen LogP contribution in [0.5, 0.6) is 5.75 Å². The highest BCUT2D eigenvalue weighted by Gasteiger charge is 2.13. The summed E-state index contributed by atoms with van der Waals surface area (Å²) in [7, 11) is 0. The number of ether oxygens (including phenoxy) is 1. The van der Waals surface area contributed by atoms with Crippen LogP contribution in [0, 0.1) is 0 Å². The Bertz CT molecular complexity index is 1290. The number of aryl methyl sites for hydroxylation is 1. The number of fused-ring (bicyclic) bond motifs is 1. The molecule has 6 nitrogen and oxygen atoms in total. The first-order chi connectivity index (χ1) is 16.1. The monoisotopic (exact) mass is 459 g/mol. The van der Waals surface area contributed by atoms with E-state index < -0.39 is 0 Å². The van der Waals surface area contributed by atoms with E-state index >= 15 is 0 Å². The quantitative estimate of drug-likeness (QED) is 0.288. The molecule has 7 heteroatoms. The number of aromatic nitrogens is 2. The van der Waals surface area contributed by atoms with E-state index in [1.54, 1.807) is 22.8 Å². The van der Waals surface area contributed by atoms with Crippen LogP contribution in [0.3, 0.4) is 0 Å². The van der Waals surface area contributed by atoms with Crippen LogP contribution in [-0.4, -0.2) is 27.8 Å². The summed E-state index contributed by atoms with van der Waals surface area (Å²) in [6, 6.07) is 24.6. The summed E-state index contributed by atoms with van der Waals surface area (Å²) in [6.45, 7) is 3.00. The molecule has 0 unspecified atom stereocenters. The van der Waals surface area contributed by atoms with Gasteiger partial charge in [0.1, 0.15) is 5.75 Å². The van der Waals surface area contributed by atoms with Crippen molar-refractivity contribution in [1.82, 2.24) is 9.55 Å². The number of hydrogen-bond donors (Lipinski definition) is 1. The van der Waals surface area contributed by atoms with Gasteiger partial charge in [0.2, 0.25) is 5.91 Å². The summed E-state index contributed by atoms with van der Waals surface area (Å²) in [6.07, 6.45) is 0.701. The number of amides is 1. The van der Waals surface area contributed by atoms with Crippen LogP contribution in [0.1, 0.15) is 12.5 Å². The normalized spacial score (nSPS) is 10.8. The SMILES string of the molecule is CCOc1ccc(NC(=O)CSc2nc3ccccc3c(=O)n2CCc2ccccc2)cc1. The molecule has 0 aliphatic rings. The number of nitrogens with one attached hydrogen (secondary N) is 1. The summed E-state index contributed by atoms with van der Waals surface area (Å²) in [5.74, 6) is 0.734. The van der Waals surface area contributed by atoms with Gasteiger partial charge in [-0.3, -0.25) is 14.2 Å². The molecule has 1 heterocycles. The van der Waals surface area contributed by atoms with Gasteiger partial charge in [0.15, 0.2) is 5.16 Å². The van der Waals surface area contributed by atoms with E-state index in [1.165, 1.54) is 11.8 Å². The fourth-order valence-corrected chi connectivity index (χ4v) is 4.29. The summed E-state index contributed by atoms with van der Waals surface area (Å²) < 4.78 is 7.10. The minimum Gasteiger partial charge on any atom is -0.494 e. The van der Waals surface area contributed by atoms with Crippen molar-refractivity contribution in [2.45, 2.75) is 25.0 Å². The topological polar surface area (TPSA) is 73.2 Å². The Labute approximate surface area is 196 Å². The number of anilines is 1. The molecule has 1 aromatic heterocycles. The predicted molar refractivity (Wildman–Crippen MR) is 133 cm³/mol. The minimum atomic E-state index is -0.166. The number of carbonyl (C=O) groups excluding carboxylic acids is 1. The Hall–Kier alpha value is -3.58. The standard InChI is InChI=1S/C26H25N3O3S/c1-2-32-21-14-12-20(13-15-21)27-24(30)18-33-26-28-23-11-7-6-10-22(23)25(31)29(26)17-16-19-8-4-3-5-9-19/h3-15H,2,16-18H2,1H3,(H,27,30). The van der Waals surface area contributed by atoms with E-state index in [9.17, 15) is 9.59 Å². The van der Waals surface area contributed by atoms with E-state index in [0.717, 1.165) is 11.3 Å². The molecule has 0 radical (unpaired) electrons. The number of thioether (sulfide) groups is 1. The molecule has 0 saturated heterocycles. The maximum absolute atomic E-state index is 13.2. The van der Waals surface area contributed by atoms with Gasteiger partial charge >= 0.3 is 0 Å². The van der Waals surface area contributed by atoms with E-state index in [4.69, 9.17) is 4.74 Å². The lowest BCUT2D eigenvalue weighted by atomic mass is 10.1. The zero-order valence-corrected chi connectivity index (χ0v) is 19.2. The van der Waals surface area contributed by atoms with Crippen LogP contribution in [0.2, 0.25) is 0 Å². The first kappa shape index (κ1) is 22.6. The number of nitrogens with zero attached hydrogens (tertiary/aromatic N) is 2. The minimum absolute atomic E-state index is 0.0917. The third-order valence-corrected chi connectivity index (χ3v) is 6.05. The van der Waals surface area contributed by atoms with Crippen molar-refractivity contribution in [3.8, 4) is 5.75 Å². The second-order valence-corrected chi connectivity index (χ2v) is 8.34. The van der Waals surface area contributed by atoms with Crippen LogP contribution in [-0.2, 0) is 17.8 Å². The molecular formula is C26H25N3O3S. The lowest BCUT2D eigenvalue weighted by Gasteiger charge is -2.13. The van der Waals surface area contributed by atoms with Crippen molar-refractivity contribution in [2.24, 2.45) is 0 Å². The Balaban J connectivity index is 1.50. The van der Waals surface area contributed by atoms with Crippen LogP contribution in [0.4, 0.5) is 5.69 Å². The first-order valence-electron chi connectivity index (χ1n) is 10.8. The number of para-hydroxylation sites is 1. The van der Waals surface area contributed by atoms with Crippen LogP contribution < -0.4 is 15.6 Å². The van der Waals surface area contributed by atoms with Gasteiger partial charge in [0.05, 0.1) is 23.3 Å². The molecule has 4 rings (SSSR count). The largest absolute Gasteiger partial charge is 0.494 e. The molecule has 0 atom stereocenters. The lowest BCUT2D eigenvalue weighted by molar-refractivity contribution is -0.113. The maximum atomic E-state index is 13.2. The maximum Gasteiger partial charge on any atom is 0.262 e. The molecular weight excluding hydrogens is 434 g/mol. The third-order valence-electron chi connectivity index (χ3n) is 5.07. The lowest BCUT2D eigenvalue weighted by Crippen LogP contribution is -2.25. The summed E-state index contributed by atoms with van der Waals surface area (Å²) in [5, 5.41) is 4.00. The molecule has 168 valence electrons. The molecule has 3 aromatic carbocycles. The zero-order valence-electron chi connectivity index (χ0n) is 18.4. The molecule has 0 aliphatic carbocycles. The average molecular weight is 460 g/mol. The van der Waals surface area contributed by atoms with Crippen molar-refractivity contribution in [2.75, 3.05) is 17.7 Å². The van der Waals surface area contributed by atoms with Gasteiger partial charge in [-0.05, 0) is 55.3 Å². The van der Waals surface area contributed by atoms with Gasteiger partial charge in [-0.2, -0.15) is 0 Å². The van der Waals surface area contributed by atoms with Crippen LogP contribution in [0.15, 0.2) is 88.8 Å². The van der Waals surface area contributed by atoms with Gasteiger partial charge < -0.3 is 10.1 Å². The number of carbonyl (C=O) groups is 1. The molecule has 0 spiro atoms. The number of hydrogen-bond acceptors (Lipinski definition) is 5. The van der Waals surface area contributed by atoms with E-state index in [-0.39, 0.29) is 17.2 Å². The summed E-state index contributed by atoms with van der Waals surface area (Å²) in [5.41, 5.74) is 2.37. The number of benzene rings is 3. The van der Waals surface area contributed by atoms with Gasteiger partial charge in [-0.25, -0.2) is 4.98 Å². The van der Waals surface area contributed by atoms with Crippen molar-refractivity contribution in [1.29, 1.82) is 0 Å². The average Bonchev–Trinajstić information content (AvgIpc) is 2.84. The van der Waals surface area contributed by atoms with Gasteiger partial charge in [-0.1, -0.05) is 54.2 Å². The van der Waals surface area contributed by atoms with Crippen molar-refractivity contribution in [3.05, 3.63) is 94.8 Å². The zero-order chi connectivity index (χ0) is 23.0. The molecule has 4 aromatic rings. The highest BCUT2D eigenvalue weighted by Crippen LogP contribution is 2.20. The molecule has 0 saturated carbocycles. The summed E-state index contributed by atoms with van der Waals surface area (Å²) in [4.78, 5) is 30.4. The Morgan fingerprint density at radius 1 is 1.00 bits per heavy atom. The van der Waals surface area contributed by atoms with Crippen molar-refractivity contribution < 1.29 is 9.53 Å². The molecule has 1 amide bonds. The fourth-order valence-electron chi connectivity index (χ4n) is 3.47.